The lowest BCUT2D eigenvalue weighted by Gasteiger charge is -2.36. The molecule has 3 aromatic rings. The summed E-state index contributed by atoms with van der Waals surface area (Å²) in [5, 5.41) is 4.39. The summed E-state index contributed by atoms with van der Waals surface area (Å²) in [5.41, 5.74) is 3.76. The van der Waals surface area contributed by atoms with Crippen molar-refractivity contribution < 1.29 is 4.79 Å². The Morgan fingerprint density at radius 3 is 2.24 bits per heavy atom. The van der Waals surface area contributed by atoms with Crippen LogP contribution in [0.4, 0.5) is 16.3 Å². The van der Waals surface area contributed by atoms with E-state index in [1.165, 1.54) is 0 Å². The van der Waals surface area contributed by atoms with E-state index in [2.05, 4.69) is 17.1 Å². The summed E-state index contributed by atoms with van der Waals surface area (Å²) in [7, 11) is 0. The Labute approximate surface area is 214 Å². The number of carbonyl (C=O) groups is 1. The molecule has 2 aromatic carbocycles. The zero-order valence-corrected chi connectivity index (χ0v) is 21.4. The van der Waals surface area contributed by atoms with Gasteiger partial charge in [0, 0.05) is 48.9 Å². The van der Waals surface area contributed by atoms with Crippen molar-refractivity contribution in [2.75, 3.05) is 36.4 Å². The average molecular weight is 519 g/mol. The Morgan fingerprint density at radius 1 is 0.971 bits per heavy atom. The predicted octanol–water partition coefficient (Wildman–Crippen LogP) is 6.25. The van der Waals surface area contributed by atoms with Crippen molar-refractivity contribution in [2.45, 2.75) is 26.7 Å². The smallest absolute Gasteiger partial charge is 0.322 e. The van der Waals surface area contributed by atoms with Gasteiger partial charge in [0.1, 0.15) is 11.6 Å². The van der Waals surface area contributed by atoms with Gasteiger partial charge in [0.25, 0.3) is 0 Å². The van der Waals surface area contributed by atoms with E-state index < -0.39 is 0 Å². The fraction of sp³-hybridized carbons (Fsp3) is 0.320. The predicted molar refractivity (Wildman–Crippen MR) is 140 cm³/mol. The molecule has 1 saturated heterocycles. The van der Waals surface area contributed by atoms with E-state index >= 15 is 0 Å². The fourth-order valence-electron chi connectivity index (χ4n) is 4.10. The Balaban J connectivity index is 1.51. The van der Waals surface area contributed by atoms with Crippen LogP contribution >= 0.6 is 34.8 Å². The quantitative estimate of drug-likeness (QED) is 0.433. The number of urea groups is 1. The van der Waals surface area contributed by atoms with Gasteiger partial charge in [-0.1, -0.05) is 59.9 Å². The fourth-order valence-corrected chi connectivity index (χ4v) is 4.72. The number of hydrogen-bond donors (Lipinski definition) is 1. The first-order valence-electron chi connectivity index (χ1n) is 11.2. The van der Waals surface area contributed by atoms with Crippen molar-refractivity contribution >= 4 is 52.3 Å². The first-order valence-corrected chi connectivity index (χ1v) is 12.3. The molecule has 2 amide bonds. The largest absolute Gasteiger partial charge is 0.353 e. The number of anilines is 2. The minimum Gasteiger partial charge on any atom is -0.353 e. The third-order valence-electron chi connectivity index (χ3n) is 5.87. The second-order valence-corrected chi connectivity index (χ2v) is 9.43. The molecule has 2 heterocycles. The van der Waals surface area contributed by atoms with Gasteiger partial charge in [-0.25, -0.2) is 14.8 Å². The zero-order chi connectivity index (χ0) is 24.2. The van der Waals surface area contributed by atoms with Gasteiger partial charge in [0.05, 0.1) is 15.7 Å². The number of piperazine rings is 1. The van der Waals surface area contributed by atoms with Gasteiger partial charge in [-0.2, -0.15) is 0 Å². The number of aromatic nitrogens is 2. The summed E-state index contributed by atoms with van der Waals surface area (Å²) in [4.78, 5) is 26.4. The van der Waals surface area contributed by atoms with Crippen molar-refractivity contribution in [3.05, 3.63) is 80.2 Å². The number of halogens is 3. The third-order valence-corrected chi connectivity index (χ3v) is 6.75. The molecule has 1 aromatic heterocycles. The zero-order valence-electron chi connectivity index (χ0n) is 19.1. The number of hydrogen-bond acceptors (Lipinski definition) is 4. The van der Waals surface area contributed by atoms with E-state index in [9.17, 15) is 4.79 Å². The Bertz CT molecular complexity index is 1160. The van der Waals surface area contributed by atoms with Crippen LogP contribution in [0.25, 0.3) is 0 Å². The van der Waals surface area contributed by atoms with Crippen LogP contribution in [0.2, 0.25) is 15.1 Å². The molecule has 0 bridgehead atoms. The summed E-state index contributed by atoms with van der Waals surface area (Å²) in [6.07, 6.45) is 1.54. The Kier molecular flexibility index (Phi) is 7.81. The maximum absolute atomic E-state index is 12.8. The van der Waals surface area contributed by atoms with Crippen molar-refractivity contribution in [3.8, 4) is 0 Å². The lowest BCUT2D eigenvalue weighted by molar-refractivity contribution is 0.208. The minimum absolute atomic E-state index is 0.218. The summed E-state index contributed by atoms with van der Waals surface area (Å²) >= 11 is 18.5. The van der Waals surface area contributed by atoms with E-state index in [4.69, 9.17) is 44.8 Å². The number of aryl methyl sites for hydroxylation is 2. The molecule has 34 heavy (non-hydrogen) atoms. The SMILES string of the molecule is CCc1nc(C)nc(N2CCN(C(=O)Nc3c(Cl)cccc3Cl)CC2)c1Cc1ccc(Cl)cc1. The summed E-state index contributed by atoms with van der Waals surface area (Å²) in [5.74, 6) is 1.69. The molecular formula is C25H26Cl3N5O. The van der Waals surface area contributed by atoms with Gasteiger partial charge in [-0.15, -0.1) is 0 Å². The molecular weight excluding hydrogens is 493 g/mol. The van der Waals surface area contributed by atoms with Crippen LogP contribution in [0, 0.1) is 6.92 Å². The average Bonchev–Trinajstić information content (AvgIpc) is 2.83. The van der Waals surface area contributed by atoms with E-state index in [0.29, 0.717) is 46.9 Å². The summed E-state index contributed by atoms with van der Waals surface area (Å²) < 4.78 is 0. The minimum atomic E-state index is -0.218. The van der Waals surface area contributed by atoms with Crippen LogP contribution in [0.1, 0.15) is 29.6 Å². The molecule has 1 N–H and O–H groups in total. The summed E-state index contributed by atoms with van der Waals surface area (Å²) in [6.45, 7) is 6.47. The van der Waals surface area contributed by atoms with Gasteiger partial charge in [-0.3, -0.25) is 0 Å². The van der Waals surface area contributed by atoms with Crippen LogP contribution in [-0.2, 0) is 12.8 Å². The van der Waals surface area contributed by atoms with E-state index in [1.807, 2.05) is 31.2 Å². The molecule has 0 saturated carbocycles. The molecule has 0 radical (unpaired) electrons. The first kappa shape index (κ1) is 24.6. The van der Waals surface area contributed by atoms with Gasteiger partial charge in [0.15, 0.2) is 0 Å². The number of amides is 2. The molecule has 0 atom stereocenters. The molecule has 4 rings (SSSR count). The first-order chi connectivity index (χ1) is 16.4. The molecule has 6 nitrogen and oxygen atoms in total. The molecule has 178 valence electrons. The number of para-hydroxylation sites is 1. The standard InChI is InChI=1S/C25H26Cl3N5O/c1-3-22-19(15-17-7-9-18(26)10-8-17)24(30-16(2)29-22)32-11-13-33(14-12-32)25(34)31-23-20(27)5-4-6-21(23)28/h4-10H,3,11-15H2,1-2H3,(H,31,34). The van der Waals surface area contributed by atoms with Crippen LogP contribution in [0.15, 0.2) is 42.5 Å². The highest BCUT2D eigenvalue weighted by molar-refractivity contribution is 6.39. The second-order valence-electron chi connectivity index (χ2n) is 8.18. The topological polar surface area (TPSA) is 61.4 Å². The van der Waals surface area contributed by atoms with Crippen LogP contribution < -0.4 is 10.2 Å². The Morgan fingerprint density at radius 2 is 1.62 bits per heavy atom. The normalized spacial score (nSPS) is 13.8. The maximum atomic E-state index is 12.8. The maximum Gasteiger partial charge on any atom is 0.322 e. The highest BCUT2D eigenvalue weighted by Crippen LogP contribution is 2.30. The van der Waals surface area contributed by atoms with Crippen molar-refractivity contribution in [1.82, 2.24) is 14.9 Å². The Hall–Kier alpha value is -2.54. The number of nitrogens with zero attached hydrogens (tertiary/aromatic N) is 4. The molecule has 0 aliphatic carbocycles. The highest BCUT2D eigenvalue weighted by Gasteiger charge is 2.26. The highest BCUT2D eigenvalue weighted by atomic mass is 35.5. The van der Waals surface area contributed by atoms with Gasteiger partial charge in [0.2, 0.25) is 0 Å². The second kappa shape index (κ2) is 10.8. The molecule has 1 fully saturated rings. The monoisotopic (exact) mass is 517 g/mol. The lowest BCUT2D eigenvalue weighted by atomic mass is 10.0. The van der Waals surface area contributed by atoms with Gasteiger partial charge in [-0.05, 0) is 43.2 Å². The van der Waals surface area contributed by atoms with E-state index in [-0.39, 0.29) is 6.03 Å². The molecule has 9 heteroatoms. The number of benzene rings is 2. The molecule has 1 aliphatic rings. The van der Waals surface area contributed by atoms with Gasteiger partial charge >= 0.3 is 6.03 Å². The van der Waals surface area contributed by atoms with Crippen molar-refractivity contribution in [1.29, 1.82) is 0 Å². The molecule has 0 spiro atoms. The van der Waals surface area contributed by atoms with Crippen LogP contribution in [0.5, 0.6) is 0 Å². The number of rotatable bonds is 5. The molecule has 0 unspecified atom stereocenters. The summed E-state index contributed by atoms with van der Waals surface area (Å²) in [6, 6.07) is 12.8. The number of carbonyl (C=O) groups excluding carboxylic acids is 1. The van der Waals surface area contributed by atoms with E-state index in [0.717, 1.165) is 41.3 Å². The van der Waals surface area contributed by atoms with Gasteiger partial charge < -0.3 is 15.1 Å². The van der Waals surface area contributed by atoms with Crippen LogP contribution in [0.3, 0.4) is 0 Å². The lowest BCUT2D eigenvalue weighted by Crippen LogP contribution is -2.50. The molecule has 1 aliphatic heterocycles. The van der Waals surface area contributed by atoms with E-state index in [1.54, 1.807) is 23.1 Å². The number of nitrogens with one attached hydrogen (secondary N) is 1. The third kappa shape index (κ3) is 5.57. The van der Waals surface area contributed by atoms with Crippen molar-refractivity contribution in [2.24, 2.45) is 0 Å². The van der Waals surface area contributed by atoms with Crippen molar-refractivity contribution in [3.63, 3.8) is 0 Å². The van der Waals surface area contributed by atoms with Crippen LogP contribution in [-0.4, -0.2) is 47.1 Å².